The Morgan fingerprint density at radius 3 is 2.31 bits per heavy atom. The van der Waals surface area contributed by atoms with Gasteiger partial charge in [-0.2, -0.15) is 0 Å². The highest BCUT2D eigenvalue weighted by Crippen LogP contribution is 2.16. The maximum atomic E-state index is 12.6. The highest BCUT2D eigenvalue weighted by molar-refractivity contribution is 5.96. The van der Waals surface area contributed by atoms with Gasteiger partial charge in [0.1, 0.15) is 11.5 Å². The topological polar surface area (TPSA) is 106 Å². The minimum absolute atomic E-state index is 0.152. The lowest BCUT2D eigenvalue weighted by Gasteiger charge is -2.20. The Kier molecular flexibility index (Phi) is 6.16. The Bertz CT molecular complexity index is 809. The number of primary amides is 1. The molecule has 138 valence electrons. The van der Waals surface area contributed by atoms with Crippen LogP contribution in [-0.4, -0.2) is 35.7 Å². The molecule has 3 N–H and O–H groups in total. The fraction of sp³-hybridized carbons (Fsp3) is 0.316. The smallest absolute Gasteiger partial charge is 0.257 e. The van der Waals surface area contributed by atoms with E-state index in [0.29, 0.717) is 41.4 Å². The van der Waals surface area contributed by atoms with Crippen LogP contribution in [0.2, 0.25) is 0 Å². The van der Waals surface area contributed by atoms with E-state index in [1.54, 1.807) is 49.1 Å². The second kappa shape index (κ2) is 8.33. The molecule has 1 aromatic carbocycles. The molecule has 0 spiro atoms. The van der Waals surface area contributed by atoms with Crippen LogP contribution in [0, 0.1) is 13.8 Å². The second-order valence-electron chi connectivity index (χ2n) is 5.95. The summed E-state index contributed by atoms with van der Waals surface area (Å²) in [5.41, 5.74) is 6.64. The zero-order valence-corrected chi connectivity index (χ0v) is 15.2. The van der Waals surface area contributed by atoms with Crippen LogP contribution in [0.15, 0.2) is 34.7 Å². The standard InChI is InChI=1S/C19H23N3O4/c1-4-22(19(25)16-11-12(2)26-13(16)3)10-9-17(23)21-15-7-5-14(6-8-15)18(20)24/h5-8,11H,4,9-10H2,1-3H3,(H2,20,24)(H,21,23). The number of furan rings is 1. The predicted octanol–water partition coefficient (Wildman–Crippen LogP) is 2.49. The van der Waals surface area contributed by atoms with Crippen molar-refractivity contribution in [1.29, 1.82) is 0 Å². The fourth-order valence-electron chi connectivity index (χ4n) is 2.59. The molecule has 0 aliphatic heterocycles. The Balaban J connectivity index is 1.93. The number of amides is 3. The molecular formula is C19H23N3O4. The normalized spacial score (nSPS) is 10.4. The molecule has 0 aliphatic rings. The summed E-state index contributed by atoms with van der Waals surface area (Å²) in [7, 11) is 0. The van der Waals surface area contributed by atoms with E-state index in [2.05, 4.69) is 5.32 Å². The number of aryl methyl sites for hydroxylation is 2. The van der Waals surface area contributed by atoms with Gasteiger partial charge in [0, 0.05) is 30.8 Å². The molecule has 0 radical (unpaired) electrons. The number of nitrogens with one attached hydrogen (secondary N) is 1. The molecule has 7 heteroatoms. The first-order chi connectivity index (χ1) is 12.3. The van der Waals surface area contributed by atoms with Gasteiger partial charge in [-0.1, -0.05) is 0 Å². The largest absolute Gasteiger partial charge is 0.466 e. The molecule has 0 saturated carbocycles. The van der Waals surface area contributed by atoms with Crippen molar-refractivity contribution in [2.24, 2.45) is 5.73 Å². The molecule has 0 fully saturated rings. The van der Waals surface area contributed by atoms with Crippen molar-refractivity contribution in [2.45, 2.75) is 27.2 Å². The monoisotopic (exact) mass is 357 g/mol. The summed E-state index contributed by atoms with van der Waals surface area (Å²) in [5.74, 6) is 0.359. The zero-order valence-electron chi connectivity index (χ0n) is 15.2. The maximum absolute atomic E-state index is 12.6. The quantitative estimate of drug-likeness (QED) is 0.794. The van der Waals surface area contributed by atoms with Gasteiger partial charge in [0.25, 0.3) is 5.91 Å². The van der Waals surface area contributed by atoms with Gasteiger partial charge in [0.15, 0.2) is 0 Å². The van der Waals surface area contributed by atoms with E-state index in [-0.39, 0.29) is 18.2 Å². The predicted molar refractivity (Wildman–Crippen MR) is 98.0 cm³/mol. The highest BCUT2D eigenvalue weighted by Gasteiger charge is 2.20. The molecule has 0 aliphatic carbocycles. The first-order valence-electron chi connectivity index (χ1n) is 8.37. The third kappa shape index (κ3) is 4.72. The van der Waals surface area contributed by atoms with Crippen molar-refractivity contribution in [1.82, 2.24) is 4.90 Å². The highest BCUT2D eigenvalue weighted by atomic mass is 16.3. The lowest BCUT2D eigenvalue weighted by Crippen LogP contribution is -2.33. The third-order valence-corrected chi connectivity index (χ3v) is 4.00. The first-order valence-corrected chi connectivity index (χ1v) is 8.37. The van der Waals surface area contributed by atoms with E-state index < -0.39 is 5.91 Å². The van der Waals surface area contributed by atoms with E-state index in [1.165, 1.54) is 0 Å². The number of nitrogens with zero attached hydrogens (tertiary/aromatic N) is 1. The Hall–Kier alpha value is -3.09. The van der Waals surface area contributed by atoms with E-state index >= 15 is 0 Å². The van der Waals surface area contributed by atoms with Gasteiger partial charge in [0.05, 0.1) is 5.56 Å². The van der Waals surface area contributed by atoms with Crippen molar-refractivity contribution >= 4 is 23.4 Å². The molecular weight excluding hydrogens is 334 g/mol. The maximum Gasteiger partial charge on any atom is 0.257 e. The lowest BCUT2D eigenvalue weighted by atomic mass is 10.2. The van der Waals surface area contributed by atoms with E-state index in [1.807, 2.05) is 6.92 Å². The van der Waals surface area contributed by atoms with E-state index in [4.69, 9.17) is 10.2 Å². The van der Waals surface area contributed by atoms with Gasteiger partial charge in [-0.15, -0.1) is 0 Å². The van der Waals surface area contributed by atoms with Crippen molar-refractivity contribution in [3.8, 4) is 0 Å². The van der Waals surface area contributed by atoms with Crippen molar-refractivity contribution < 1.29 is 18.8 Å². The first kappa shape index (κ1) is 19.2. The number of hydrogen-bond donors (Lipinski definition) is 2. The van der Waals surface area contributed by atoms with Crippen LogP contribution < -0.4 is 11.1 Å². The molecule has 0 saturated heterocycles. The van der Waals surface area contributed by atoms with Gasteiger partial charge >= 0.3 is 0 Å². The van der Waals surface area contributed by atoms with Crippen LogP contribution in [0.1, 0.15) is 45.6 Å². The Labute approximate surface area is 152 Å². The van der Waals surface area contributed by atoms with Gasteiger partial charge in [-0.3, -0.25) is 14.4 Å². The molecule has 0 atom stereocenters. The van der Waals surface area contributed by atoms with Crippen molar-refractivity contribution in [3.63, 3.8) is 0 Å². The molecule has 2 rings (SSSR count). The molecule has 2 aromatic rings. The van der Waals surface area contributed by atoms with Gasteiger partial charge in [-0.25, -0.2) is 0 Å². The van der Waals surface area contributed by atoms with Crippen LogP contribution in [0.5, 0.6) is 0 Å². The van der Waals surface area contributed by atoms with Gasteiger partial charge < -0.3 is 20.4 Å². The van der Waals surface area contributed by atoms with Crippen LogP contribution >= 0.6 is 0 Å². The van der Waals surface area contributed by atoms with Crippen molar-refractivity contribution in [2.75, 3.05) is 18.4 Å². The van der Waals surface area contributed by atoms with Gasteiger partial charge in [0.2, 0.25) is 11.8 Å². The minimum Gasteiger partial charge on any atom is -0.466 e. The average Bonchev–Trinajstić information content (AvgIpc) is 2.94. The summed E-state index contributed by atoms with van der Waals surface area (Å²) >= 11 is 0. The zero-order chi connectivity index (χ0) is 19.3. The summed E-state index contributed by atoms with van der Waals surface area (Å²) in [6.07, 6.45) is 0.160. The summed E-state index contributed by atoms with van der Waals surface area (Å²) in [6.45, 7) is 6.18. The molecule has 0 unspecified atom stereocenters. The molecule has 7 nitrogen and oxygen atoms in total. The number of nitrogens with two attached hydrogens (primary N) is 1. The SMILES string of the molecule is CCN(CCC(=O)Nc1ccc(C(N)=O)cc1)C(=O)c1cc(C)oc1C. The molecule has 26 heavy (non-hydrogen) atoms. The van der Waals surface area contributed by atoms with Gasteiger partial charge in [-0.05, 0) is 51.1 Å². The summed E-state index contributed by atoms with van der Waals surface area (Å²) < 4.78 is 5.40. The third-order valence-electron chi connectivity index (χ3n) is 4.00. The molecule has 3 amide bonds. The van der Waals surface area contributed by atoms with Crippen LogP contribution in [0.25, 0.3) is 0 Å². The number of carbonyl (C=O) groups excluding carboxylic acids is 3. The number of carbonyl (C=O) groups is 3. The van der Waals surface area contributed by atoms with E-state index in [9.17, 15) is 14.4 Å². The average molecular weight is 357 g/mol. The number of rotatable bonds is 7. The number of benzene rings is 1. The summed E-state index contributed by atoms with van der Waals surface area (Å²) in [4.78, 5) is 37.3. The number of anilines is 1. The Morgan fingerprint density at radius 2 is 1.81 bits per heavy atom. The van der Waals surface area contributed by atoms with Crippen LogP contribution in [-0.2, 0) is 4.79 Å². The van der Waals surface area contributed by atoms with E-state index in [0.717, 1.165) is 0 Å². The molecule has 1 heterocycles. The minimum atomic E-state index is -0.523. The second-order valence-corrected chi connectivity index (χ2v) is 5.95. The Morgan fingerprint density at radius 1 is 1.15 bits per heavy atom. The number of hydrogen-bond acceptors (Lipinski definition) is 4. The van der Waals surface area contributed by atoms with Crippen LogP contribution in [0.4, 0.5) is 5.69 Å². The molecule has 1 aromatic heterocycles. The lowest BCUT2D eigenvalue weighted by molar-refractivity contribution is -0.116. The van der Waals surface area contributed by atoms with Crippen molar-refractivity contribution in [3.05, 3.63) is 53.0 Å². The summed E-state index contributed by atoms with van der Waals surface area (Å²) in [6, 6.07) is 8.02. The fourth-order valence-corrected chi connectivity index (χ4v) is 2.59. The molecule has 0 bridgehead atoms. The summed E-state index contributed by atoms with van der Waals surface area (Å²) in [5, 5.41) is 2.73. The van der Waals surface area contributed by atoms with Crippen LogP contribution in [0.3, 0.4) is 0 Å².